The molecule has 0 bridgehead atoms. The van der Waals surface area contributed by atoms with E-state index in [2.05, 4.69) is 10.6 Å². The average Bonchev–Trinajstić information content (AvgIpc) is 3.67. The zero-order valence-corrected chi connectivity index (χ0v) is 24.9. The number of hydrogen-bond donors (Lipinski definition) is 3. The molecule has 0 saturated heterocycles. The number of thiophene rings is 1. The van der Waals surface area contributed by atoms with E-state index >= 15 is 0 Å². The zero-order valence-electron chi connectivity index (χ0n) is 23.3. The van der Waals surface area contributed by atoms with Crippen molar-refractivity contribution in [2.45, 2.75) is 30.2 Å². The third-order valence-electron chi connectivity index (χ3n) is 7.17. The van der Waals surface area contributed by atoms with Gasteiger partial charge >= 0.3 is 6.03 Å². The lowest BCUT2D eigenvalue weighted by atomic mass is 9.99. The van der Waals surface area contributed by atoms with Gasteiger partial charge in [-0.25, -0.2) is 13.2 Å². The van der Waals surface area contributed by atoms with Crippen molar-refractivity contribution < 1.29 is 37.3 Å². The highest BCUT2D eigenvalue weighted by molar-refractivity contribution is 7.91. The maximum absolute atomic E-state index is 13.7. The van der Waals surface area contributed by atoms with E-state index < -0.39 is 28.2 Å². The summed E-state index contributed by atoms with van der Waals surface area (Å²) in [6.45, 7) is 3.63. The Hall–Kier alpha value is -3.85. The van der Waals surface area contributed by atoms with Crippen molar-refractivity contribution >= 4 is 44.7 Å². The summed E-state index contributed by atoms with van der Waals surface area (Å²) in [6, 6.07) is 11.9. The van der Waals surface area contributed by atoms with Crippen molar-refractivity contribution in [3.63, 3.8) is 0 Å². The SMILES string of the molecule is CC1CN(C(C)CO)C(=O)c2cccc(NC(=O)Nc3ccc4c(c3)OCO4)c2OC1CN(C)S(=O)(=O)c1cccs1. The van der Waals surface area contributed by atoms with E-state index in [-0.39, 0.29) is 59.5 Å². The second-order valence-electron chi connectivity index (χ2n) is 10.2. The number of nitrogens with one attached hydrogen (secondary N) is 2. The molecule has 5 rings (SSSR count). The third kappa shape index (κ3) is 6.02. The molecule has 12 nitrogen and oxygen atoms in total. The molecule has 42 heavy (non-hydrogen) atoms. The quantitative estimate of drug-likeness (QED) is 0.348. The van der Waals surface area contributed by atoms with Crippen LogP contribution in [0.3, 0.4) is 0 Å². The van der Waals surface area contributed by atoms with Gasteiger partial charge in [0.15, 0.2) is 17.2 Å². The fourth-order valence-electron chi connectivity index (χ4n) is 4.73. The number of para-hydroxylation sites is 1. The first-order valence-electron chi connectivity index (χ1n) is 13.3. The molecule has 0 spiro atoms. The molecule has 2 aromatic carbocycles. The summed E-state index contributed by atoms with van der Waals surface area (Å²) in [5.41, 5.74) is 0.859. The Kier molecular flexibility index (Phi) is 8.59. The van der Waals surface area contributed by atoms with Crippen LogP contribution < -0.4 is 24.8 Å². The topological polar surface area (TPSA) is 147 Å². The Morgan fingerprint density at radius 3 is 2.69 bits per heavy atom. The first kappa shape index (κ1) is 29.6. The Bertz CT molecular complexity index is 1560. The number of likely N-dealkylation sites (N-methyl/N-ethyl adjacent to an activating group) is 1. The van der Waals surface area contributed by atoms with Crippen LogP contribution in [0.5, 0.6) is 17.2 Å². The van der Waals surface area contributed by atoms with Crippen molar-refractivity contribution in [3.05, 3.63) is 59.5 Å². The van der Waals surface area contributed by atoms with Gasteiger partial charge in [-0.2, -0.15) is 4.31 Å². The molecule has 0 aliphatic carbocycles. The number of nitrogens with zero attached hydrogens (tertiary/aromatic N) is 2. The van der Waals surface area contributed by atoms with Gasteiger partial charge in [-0.15, -0.1) is 11.3 Å². The molecular formula is C28H32N4O8S2. The summed E-state index contributed by atoms with van der Waals surface area (Å²) in [5, 5.41) is 17.1. The highest BCUT2D eigenvalue weighted by Gasteiger charge is 2.36. The molecule has 0 fully saturated rings. The summed E-state index contributed by atoms with van der Waals surface area (Å²) in [6.07, 6.45) is -0.704. The molecular weight excluding hydrogens is 584 g/mol. The molecule has 0 saturated carbocycles. The normalized spacial score (nSPS) is 19.0. The predicted octanol–water partition coefficient (Wildman–Crippen LogP) is 3.66. The summed E-state index contributed by atoms with van der Waals surface area (Å²) in [5.74, 6) is 0.467. The fourth-order valence-corrected chi connectivity index (χ4v) is 7.12. The minimum atomic E-state index is -3.78. The van der Waals surface area contributed by atoms with E-state index in [1.54, 1.807) is 65.7 Å². The van der Waals surface area contributed by atoms with E-state index in [0.29, 0.717) is 17.2 Å². The first-order chi connectivity index (χ1) is 20.1. The van der Waals surface area contributed by atoms with Crippen LogP contribution in [0.1, 0.15) is 24.2 Å². The standard InChI is InChI=1S/C28H32N4O8S2/c1-17-13-32(18(2)15-33)27(34)20-6-4-7-21(30-28(35)29-19-9-10-22-23(12-19)39-16-38-22)26(20)40-24(17)14-31(3)42(36,37)25-8-5-11-41-25/h4-12,17-18,24,33H,13-16H2,1-3H3,(H2,29,30,35). The number of urea groups is 1. The number of carbonyl (C=O) groups excluding carboxylic acids is 2. The van der Waals surface area contributed by atoms with Crippen LogP contribution in [-0.4, -0.2) is 80.4 Å². The Balaban J connectivity index is 1.45. The maximum atomic E-state index is 13.7. The molecule has 3 unspecified atom stereocenters. The highest BCUT2D eigenvalue weighted by atomic mass is 32.2. The lowest BCUT2D eigenvalue weighted by Crippen LogP contribution is -2.50. The van der Waals surface area contributed by atoms with E-state index in [4.69, 9.17) is 14.2 Å². The smallest absolute Gasteiger partial charge is 0.323 e. The number of hydrogen-bond acceptors (Lipinski definition) is 9. The Morgan fingerprint density at radius 2 is 1.95 bits per heavy atom. The second-order valence-corrected chi connectivity index (χ2v) is 13.4. The summed E-state index contributed by atoms with van der Waals surface area (Å²) in [7, 11) is -2.30. The lowest BCUT2D eigenvalue weighted by Gasteiger charge is -2.38. The predicted molar refractivity (Wildman–Crippen MR) is 157 cm³/mol. The first-order valence-corrected chi connectivity index (χ1v) is 15.6. The number of amides is 3. The Labute approximate surface area is 247 Å². The van der Waals surface area contributed by atoms with Gasteiger partial charge < -0.3 is 34.9 Å². The molecule has 3 atom stereocenters. The second kappa shape index (κ2) is 12.2. The monoisotopic (exact) mass is 616 g/mol. The summed E-state index contributed by atoms with van der Waals surface area (Å²) in [4.78, 5) is 28.3. The molecule has 14 heteroatoms. The molecule has 224 valence electrons. The number of aliphatic hydroxyl groups is 1. The van der Waals surface area contributed by atoms with E-state index in [9.17, 15) is 23.1 Å². The van der Waals surface area contributed by atoms with Gasteiger partial charge in [0.1, 0.15) is 10.3 Å². The largest absolute Gasteiger partial charge is 0.486 e. The van der Waals surface area contributed by atoms with E-state index in [1.165, 1.54) is 11.4 Å². The van der Waals surface area contributed by atoms with Gasteiger partial charge in [-0.3, -0.25) is 4.79 Å². The van der Waals surface area contributed by atoms with Gasteiger partial charge in [0, 0.05) is 31.3 Å². The number of ether oxygens (including phenoxy) is 3. The van der Waals surface area contributed by atoms with Crippen LogP contribution in [0.2, 0.25) is 0 Å². The minimum Gasteiger partial charge on any atom is -0.486 e. The van der Waals surface area contributed by atoms with Crippen LogP contribution in [0.4, 0.5) is 16.2 Å². The molecule has 0 radical (unpaired) electrons. The number of aliphatic hydroxyl groups excluding tert-OH is 1. The van der Waals surface area contributed by atoms with Crippen LogP contribution in [0.15, 0.2) is 58.1 Å². The van der Waals surface area contributed by atoms with Gasteiger partial charge in [0.25, 0.3) is 15.9 Å². The molecule has 3 amide bonds. The number of sulfonamides is 1. The van der Waals surface area contributed by atoms with Crippen LogP contribution in [0.25, 0.3) is 0 Å². The van der Waals surface area contributed by atoms with Crippen molar-refractivity contribution in [2.24, 2.45) is 5.92 Å². The number of rotatable bonds is 8. The molecule has 2 aliphatic rings. The number of benzene rings is 2. The summed E-state index contributed by atoms with van der Waals surface area (Å²) >= 11 is 1.12. The van der Waals surface area contributed by atoms with Crippen LogP contribution >= 0.6 is 11.3 Å². The van der Waals surface area contributed by atoms with Crippen molar-refractivity contribution in [2.75, 3.05) is 44.2 Å². The van der Waals surface area contributed by atoms with E-state index in [1.807, 2.05) is 6.92 Å². The molecule has 2 aliphatic heterocycles. The fraction of sp³-hybridized carbons (Fsp3) is 0.357. The van der Waals surface area contributed by atoms with Gasteiger partial charge in [0.2, 0.25) is 6.79 Å². The lowest BCUT2D eigenvalue weighted by molar-refractivity contribution is 0.0389. The van der Waals surface area contributed by atoms with Crippen LogP contribution in [0, 0.1) is 5.92 Å². The molecule has 3 heterocycles. The average molecular weight is 617 g/mol. The van der Waals surface area contributed by atoms with Crippen molar-refractivity contribution in [1.82, 2.24) is 9.21 Å². The van der Waals surface area contributed by atoms with E-state index in [0.717, 1.165) is 11.3 Å². The number of carbonyl (C=O) groups is 2. The summed E-state index contributed by atoms with van der Waals surface area (Å²) < 4.78 is 44.9. The molecule has 3 aromatic rings. The van der Waals surface area contributed by atoms with Crippen molar-refractivity contribution in [1.29, 1.82) is 0 Å². The highest BCUT2D eigenvalue weighted by Crippen LogP contribution is 2.37. The van der Waals surface area contributed by atoms with Gasteiger partial charge in [-0.1, -0.05) is 19.1 Å². The van der Waals surface area contributed by atoms with Gasteiger partial charge in [0.05, 0.1) is 30.4 Å². The minimum absolute atomic E-state index is 0.0197. The Morgan fingerprint density at radius 1 is 1.17 bits per heavy atom. The number of fused-ring (bicyclic) bond motifs is 2. The zero-order chi connectivity index (χ0) is 30.0. The maximum Gasteiger partial charge on any atom is 0.323 e. The van der Waals surface area contributed by atoms with Gasteiger partial charge in [-0.05, 0) is 42.6 Å². The third-order valence-corrected chi connectivity index (χ3v) is 10.4. The number of anilines is 2. The molecule has 1 aromatic heterocycles. The van der Waals surface area contributed by atoms with Crippen LogP contribution in [-0.2, 0) is 10.0 Å². The van der Waals surface area contributed by atoms with Crippen molar-refractivity contribution in [3.8, 4) is 17.2 Å². The molecule has 3 N–H and O–H groups in total.